The molecule has 1 amide bonds. The monoisotopic (exact) mass is 250 g/mol. The first-order chi connectivity index (χ1) is 8.60. The van der Waals surface area contributed by atoms with Crippen molar-refractivity contribution in [2.24, 2.45) is 0 Å². The van der Waals surface area contributed by atoms with Crippen molar-refractivity contribution in [3.8, 4) is 0 Å². The van der Waals surface area contributed by atoms with E-state index in [0.29, 0.717) is 5.39 Å². The highest BCUT2D eigenvalue weighted by Gasteiger charge is 2.11. The SMILES string of the molecule is CC(CO)NC(=O)Cc1c[nH]c2ccc(F)cc12. The Kier molecular flexibility index (Phi) is 3.62. The van der Waals surface area contributed by atoms with Crippen LogP contribution >= 0.6 is 0 Å². The lowest BCUT2D eigenvalue weighted by molar-refractivity contribution is -0.121. The summed E-state index contributed by atoms with van der Waals surface area (Å²) in [6.07, 6.45) is 1.86. The van der Waals surface area contributed by atoms with Gasteiger partial charge < -0.3 is 15.4 Å². The van der Waals surface area contributed by atoms with Gasteiger partial charge in [0.05, 0.1) is 13.0 Å². The Morgan fingerprint density at radius 3 is 3.06 bits per heavy atom. The quantitative estimate of drug-likeness (QED) is 0.766. The lowest BCUT2D eigenvalue weighted by Crippen LogP contribution is -2.35. The number of aromatic amines is 1. The average Bonchev–Trinajstić information content (AvgIpc) is 2.71. The summed E-state index contributed by atoms with van der Waals surface area (Å²) in [5.74, 6) is -0.519. The summed E-state index contributed by atoms with van der Waals surface area (Å²) in [5.41, 5.74) is 1.54. The highest BCUT2D eigenvalue weighted by atomic mass is 19.1. The second-order valence-corrected chi connectivity index (χ2v) is 4.33. The van der Waals surface area contributed by atoms with Crippen molar-refractivity contribution in [1.29, 1.82) is 0 Å². The summed E-state index contributed by atoms with van der Waals surface area (Å²) >= 11 is 0. The highest BCUT2D eigenvalue weighted by Crippen LogP contribution is 2.19. The Morgan fingerprint density at radius 1 is 1.56 bits per heavy atom. The van der Waals surface area contributed by atoms with Gasteiger partial charge >= 0.3 is 0 Å². The maximum Gasteiger partial charge on any atom is 0.224 e. The predicted molar refractivity (Wildman–Crippen MR) is 66.7 cm³/mol. The Hall–Kier alpha value is -1.88. The van der Waals surface area contributed by atoms with Gasteiger partial charge in [0.1, 0.15) is 5.82 Å². The van der Waals surface area contributed by atoms with Crippen molar-refractivity contribution in [1.82, 2.24) is 10.3 Å². The lowest BCUT2D eigenvalue weighted by atomic mass is 10.1. The average molecular weight is 250 g/mol. The molecule has 0 saturated heterocycles. The Balaban J connectivity index is 2.16. The van der Waals surface area contributed by atoms with Gasteiger partial charge in [-0.3, -0.25) is 4.79 Å². The largest absolute Gasteiger partial charge is 0.394 e. The summed E-state index contributed by atoms with van der Waals surface area (Å²) in [6, 6.07) is 4.14. The van der Waals surface area contributed by atoms with Gasteiger partial charge in [0.25, 0.3) is 0 Å². The molecule has 0 saturated carbocycles. The molecule has 1 atom stereocenters. The van der Waals surface area contributed by atoms with Crippen molar-refractivity contribution < 1.29 is 14.3 Å². The third kappa shape index (κ3) is 2.68. The molecule has 1 aromatic carbocycles. The highest BCUT2D eigenvalue weighted by molar-refractivity contribution is 5.89. The van der Waals surface area contributed by atoms with Crippen LogP contribution in [0.3, 0.4) is 0 Å². The smallest absolute Gasteiger partial charge is 0.224 e. The van der Waals surface area contributed by atoms with Gasteiger partial charge in [-0.15, -0.1) is 0 Å². The lowest BCUT2D eigenvalue weighted by Gasteiger charge is -2.10. The third-order valence-electron chi connectivity index (χ3n) is 2.76. The van der Waals surface area contributed by atoms with Crippen molar-refractivity contribution >= 4 is 16.8 Å². The van der Waals surface area contributed by atoms with Gasteiger partial charge in [0, 0.05) is 23.1 Å². The van der Waals surface area contributed by atoms with Crippen LogP contribution in [0.1, 0.15) is 12.5 Å². The van der Waals surface area contributed by atoms with E-state index in [1.807, 2.05) is 0 Å². The molecular weight excluding hydrogens is 235 g/mol. The molecule has 2 aromatic rings. The van der Waals surface area contributed by atoms with Gasteiger partial charge in [-0.2, -0.15) is 0 Å². The number of carbonyl (C=O) groups excluding carboxylic acids is 1. The number of halogens is 1. The van der Waals surface area contributed by atoms with Crippen LogP contribution in [0, 0.1) is 5.82 Å². The standard InChI is InChI=1S/C13H15FN2O2/c1-8(7-17)16-13(18)4-9-6-15-12-3-2-10(14)5-11(9)12/h2-3,5-6,8,15,17H,4,7H2,1H3,(H,16,18). The molecule has 0 radical (unpaired) electrons. The van der Waals surface area contributed by atoms with Crippen molar-refractivity contribution in [3.05, 3.63) is 35.8 Å². The number of aliphatic hydroxyl groups excluding tert-OH is 1. The molecule has 0 aliphatic heterocycles. The molecule has 18 heavy (non-hydrogen) atoms. The van der Waals surface area contributed by atoms with E-state index < -0.39 is 0 Å². The number of aliphatic hydroxyl groups is 1. The van der Waals surface area contributed by atoms with Crippen LogP contribution in [-0.4, -0.2) is 28.6 Å². The normalized spacial score (nSPS) is 12.6. The minimum atomic E-state index is -0.326. The fourth-order valence-electron chi connectivity index (χ4n) is 1.84. The molecule has 0 fully saturated rings. The van der Waals surface area contributed by atoms with E-state index in [1.165, 1.54) is 12.1 Å². The van der Waals surface area contributed by atoms with Crippen LogP contribution in [0.5, 0.6) is 0 Å². The van der Waals surface area contributed by atoms with Crippen LogP contribution in [0.4, 0.5) is 4.39 Å². The first-order valence-corrected chi connectivity index (χ1v) is 5.76. The van der Waals surface area contributed by atoms with Crippen LogP contribution in [0.15, 0.2) is 24.4 Å². The molecule has 0 aliphatic carbocycles. The molecule has 3 N–H and O–H groups in total. The molecule has 4 nitrogen and oxygen atoms in total. The number of hydrogen-bond acceptors (Lipinski definition) is 2. The van der Waals surface area contributed by atoms with E-state index in [1.54, 1.807) is 19.2 Å². The van der Waals surface area contributed by atoms with Gasteiger partial charge in [-0.05, 0) is 30.7 Å². The molecule has 96 valence electrons. The van der Waals surface area contributed by atoms with E-state index >= 15 is 0 Å². The topological polar surface area (TPSA) is 65.1 Å². The van der Waals surface area contributed by atoms with Crippen LogP contribution in [0.2, 0.25) is 0 Å². The molecule has 1 unspecified atom stereocenters. The minimum Gasteiger partial charge on any atom is -0.394 e. The fourth-order valence-corrected chi connectivity index (χ4v) is 1.84. The first kappa shape index (κ1) is 12.6. The number of nitrogens with one attached hydrogen (secondary N) is 2. The number of rotatable bonds is 4. The molecule has 2 rings (SSSR count). The Bertz CT molecular complexity index is 565. The third-order valence-corrected chi connectivity index (χ3v) is 2.76. The second kappa shape index (κ2) is 5.18. The summed E-state index contributed by atoms with van der Waals surface area (Å²) in [7, 11) is 0. The zero-order valence-corrected chi connectivity index (χ0v) is 10.0. The maximum absolute atomic E-state index is 13.1. The van der Waals surface area contributed by atoms with E-state index in [0.717, 1.165) is 11.1 Å². The Morgan fingerprint density at radius 2 is 2.33 bits per heavy atom. The number of H-pyrrole nitrogens is 1. The van der Waals surface area contributed by atoms with E-state index in [-0.39, 0.29) is 30.8 Å². The minimum absolute atomic E-state index is 0.103. The zero-order chi connectivity index (χ0) is 13.1. The van der Waals surface area contributed by atoms with E-state index in [2.05, 4.69) is 10.3 Å². The van der Waals surface area contributed by atoms with E-state index in [4.69, 9.17) is 5.11 Å². The van der Waals surface area contributed by atoms with Gasteiger partial charge in [-0.25, -0.2) is 4.39 Å². The van der Waals surface area contributed by atoms with Crippen molar-refractivity contribution in [2.75, 3.05) is 6.61 Å². The number of benzene rings is 1. The molecule has 0 bridgehead atoms. The van der Waals surface area contributed by atoms with Crippen LogP contribution in [-0.2, 0) is 11.2 Å². The van der Waals surface area contributed by atoms with Gasteiger partial charge in [-0.1, -0.05) is 0 Å². The number of amides is 1. The van der Waals surface area contributed by atoms with Crippen LogP contribution in [0.25, 0.3) is 10.9 Å². The zero-order valence-electron chi connectivity index (χ0n) is 10.0. The van der Waals surface area contributed by atoms with Gasteiger partial charge in [0.15, 0.2) is 0 Å². The summed E-state index contributed by atoms with van der Waals surface area (Å²) in [4.78, 5) is 14.7. The summed E-state index contributed by atoms with van der Waals surface area (Å²) in [6.45, 7) is 1.61. The summed E-state index contributed by atoms with van der Waals surface area (Å²) < 4.78 is 13.1. The van der Waals surface area contributed by atoms with Crippen molar-refractivity contribution in [2.45, 2.75) is 19.4 Å². The van der Waals surface area contributed by atoms with Crippen molar-refractivity contribution in [3.63, 3.8) is 0 Å². The number of fused-ring (bicyclic) bond motifs is 1. The second-order valence-electron chi connectivity index (χ2n) is 4.33. The number of aromatic nitrogens is 1. The predicted octanol–water partition coefficient (Wildman–Crippen LogP) is 1.35. The molecule has 0 aliphatic rings. The molecule has 0 spiro atoms. The molecular formula is C13H15FN2O2. The fraction of sp³-hybridized carbons (Fsp3) is 0.308. The molecule has 5 heteroatoms. The number of carbonyl (C=O) groups is 1. The molecule has 1 heterocycles. The Labute approximate surface area is 104 Å². The van der Waals surface area contributed by atoms with E-state index in [9.17, 15) is 9.18 Å². The number of hydrogen-bond donors (Lipinski definition) is 3. The first-order valence-electron chi connectivity index (χ1n) is 5.76. The molecule has 1 aromatic heterocycles. The maximum atomic E-state index is 13.1. The van der Waals surface area contributed by atoms with Crippen LogP contribution < -0.4 is 5.32 Å². The van der Waals surface area contributed by atoms with Gasteiger partial charge in [0.2, 0.25) is 5.91 Å². The summed E-state index contributed by atoms with van der Waals surface area (Å²) in [5, 5.41) is 12.2.